The first-order valence-electron chi connectivity index (χ1n) is 5.48. The van der Waals surface area contributed by atoms with Crippen LogP contribution < -0.4 is 10.6 Å². The van der Waals surface area contributed by atoms with Crippen molar-refractivity contribution in [2.75, 3.05) is 11.9 Å². The third-order valence-electron chi connectivity index (χ3n) is 1.89. The summed E-state index contributed by atoms with van der Waals surface area (Å²) in [6.45, 7) is 4.25. The molecule has 6 heteroatoms. The van der Waals surface area contributed by atoms with Gasteiger partial charge in [-0.25, -0.2) is 4.79 Å². The number of halogens is 1. The van der Waals surface area contributed by atoms with Crippen LogP contribution in [0.3, 0.4) is 0 Å². The summed E-state index contributed by atoms with van der Waals surface area (Å²) in [4.78, 5) is 11.3. The molecule has 0 spiro atoms. The Kier molecular flexibility index (Phi) is 5.88. The largest absolute Gasteiger partial charge is 0.449 e. The van der Waals surface area contributed by atoms with Gasteiger partial charge in [-0.1, -0.05) is 37.6 Å². The van der Waals surface area contributed by atoms with Crippen LogP contribution in [0.1, 0.15) is 13.8 Å². The van der Waals surface area contributed by atoms with E-state index in [1.54, 1.807) is 18.2 Å². The lowest BCUT2D eigenvalue weighted by molar-refractivity contribution is 0.138. The number of hydrogen-bond acceptors (Lipinski definition) is 3. The van der Waals surface area contributed by atoms with Gasteiger partial charge in [-0.2, -0.15) is 0 Å². The van der Waals surface area contributed by atoms with Gasteiger partial charge >= 0.3 is 6.09 Å². The summed E-state index contributed by atoms with van der Waals surface area (Å²) in [6, 6.07) is 7.11. The monoisotopic (exact) mass is 286 g/mol. The van der Waals surface area contributed by atoms with Crippen molar-refractivity contribution in [3.63, 3.8) is 0 Å². The zero-order valence-corrected chi connectivity index (χ0v) is 11.8. The van der Waals surface area contributed by atoms with Gasteiger partial charge in [0.2, 0.25) is 0 Å². The lowest BCUT2D eigenvalue weighted by Crippen LogP contribution is -2.35. The Morgan fingerprint density at radius 2 is 2.11 bits per heavy atom. The number of carbonyl (C=O) groups excluding carboxylic acids is 1. The molecule has 0 unspecified atom stereocenters. The molecule has 1 rings (SSSR count). The minimum absolute atomic E-state index is 0.150. The molecule has 0 heterocycles. The molecule has 0 saturated heterocycles. The topological polar surface area (TPSA) is 50.4 Å². The molecule has 0 bridgehead atoms. The van der Waals surface area contributed by atoms with Gasteiger partial charge in [-0.15, -0.1) is 0 Å². The summed E-state index contributed by atoms with van der Waals surface area (Å²) in [5.74, 6) is 0.279. The molecule has 1 amide bonds. The van der Waals surface area contributed by atoms with Gasteiger partial charge in [0.1, 0.15) is 0 Å². The quantitative estimate of drug-likeness (QED) is 0.836. The number of para-hydroxylation sites is 1. The van der Waals surface area contributed by atoms with Crippen molar-refractivity contribution in [3.8, 4) is 0 Å². The molecule has 0 aliphatic rings. The Balaban J connectivity index is 2.42. The van der Waals surface area contributed by atoms with Gasteiger partial charge < -0.3 is 10.1 Å². The van der Waals surface area contributed by atoms with E-state index in [1.807, 2.05) is 19.9 Å². The fraction of sp³-hybridized carbons (Fsp3) is 0.333. The molecule has 0 radical (unpaired) electrons. The van der Waals surface area contributed by atoms with Crippen molar-refractivity contribution in [1.29, 1.82) is 0 Å². The van der Waals surface area contributed by atoms with Crippen LogP contribution in [0, 0.1) is 5.92 Å². The fourth-order valence-corrected chi connectivity index (χ4v) is 1.46. The van der Waals surface area contributed by atoms with E-state index in [0.717, 1.165) is 0 Å². The lowest BCUT2D eigenvalue weighted by atomic mass is 10.2. The second-order valence-electron chi connectivity index (χ2n) is 4.05. The number of nitrogens with one attached hydrogen (secondary N) is 2. The standard InChI is InChI=1S/C12H15ClN2O2S/c1-8(2)7-17-12(16)15-11(18)14-10-6-4-3-5-9(10)13/h3-6,8H,7H2,1-2H3,(H2,14,15,16,18). The summed E-state index contributed by atoms with van der Waals surface area (Å²) in [7, 11) is 0. The molecule has 4 nitrogen and oxygen atoms in total. The fourth-order valence-electron chi connectivity index (χ4n) is 1.09. The van der Waals surface area contributed by atoms with Gasteiger partial charge in [-0.3, -0.25) is 5.32 Å². The highest BCUT2D eigenvalue weighted by Crippen LogP contribution is 2.20. The van der Waals surface area contributed by atoms with Crippen LogP contribution >= 0.6 is 23.8 Å². The summed E-state index contributed by atoms with van der Waals surface area (Å²) in [5, 5.41) is 5.90. The number of ether oxygens (including phenoxy) is 1. The Hall–Kier alpha value is -1.33. The molecular formula is C12H15ClN2O2S. The second-order valence-corrected chi connectivity index (χ2v) is 4.87. The van der Waals surface area contributed by atoms with Crippen LogP contribution in [0.4, 0.5) is 10.5 Å². The third-order valence-corrected chi connectivity index (χ3v) is 2.42. The van der Waals surface area contributed by atoms with Crippen LogP contribution in [-0.2, 0) is 4.74 Å². The number of anilines is 1. The summed E-state index contributed by atoms with van der Waals surface area (Å²) in [6.07, 6.45) is -0.576. The van der Waals surface area contributed by atoms with Crippen LogP contribution in [0.5, 0.6) is 0 Å². The lowest BCUT2D eigenvalue weighted by Gasteiger charge is -2.11. The smallest absolute Gasteiger partial charge is 0.413 e. The predicted molar refractivity (Wildman–Crippen MR) is 77.0 cm³/mol. The minimum Gasteiger partial charge on any atom is -0.449 e. The molecule has 0 aliphatic carbocycles. The molecule has 0 aliphatic heterocycles. The van der Waals surface area contributed by atoms with Crippen molar-refractivity contribution in [2.45, 2.75) is 13.8 Å². The van der Waals surface area contributed by atoms with Gasteiger partial charge in [0, 0.05) is 0 Å². The van der Waals surface area contributed by atoms with Crippen molar-refractivity contribution in [3.05, 3.63) is 29.3 Å². The Labute approximate surface area is 117 Å². The molecule has 0 atom stereocenters. The van der Waals surface area contributed by atoms with Crippen molar-refractivity contribution in [2.24, 2.45) is 5.92 Å². The second kappa shape index (κ2) is 7.18. The van der Waals surface area contributed by atoms with E-state index < -0.39 is 6.09 Å². The molecule has 0 aromatic heterocycles. The molecule has 0 saturated carbocycles. The number of carbonyl (C=O) groups is 1. The van der Waals surface area contributed by atoms with E-state index in [4.69, 9.17) is 28.6 Å². The van der Waals surface area contributed by atoms with E-state index in [1.165, 1.54) is 0 Å². The van der Waals surface area contributed by atoms with Gasteiger partial charge in [0.25, 0.3) is 0 Å². The van der Waals surface area contributed by atoms with Gasteiger partial charge in [0.15, 0.2) is 5.11 Å². The van der Waals surface area contributed by atoms with Crippen molar-refractivity contribution < 1.29 is 9.53 Å². The minimum atomic E-state index is -0.576. The molecule has 1 aromatic rings. The molecule has 98 valence electrons. The Bertz CT molecular complexity index is 438. The van der Waals surface area contributed by atoms with Gasteiger partial charge in [0.05, 0.1) is 17.3 Å². The number of thiocarbonyl (C=S) groups is 1. The molecule has 0 fully saturated rings. The number of rotatable bonds is 3. The first-order valence-corrected chi connectivity index (χ1v) is 6.27. The highest BCUT2D eigenvalue weighted by atomic mass is 35.5. The van der Waals surface area contributed by atoms with Crippen LogP contribution in [0.2, 0.25) is 5.02 Å². The number of alkyl carbamates (subject to hydrolysis) is 1. The maximum atomic E-state index is 11.3. The summed E-state index contributed by atoms with van der Waals surface area (Å²) < 4.78 is 4.93. The average Bonchev–Trinajstić information content (AvgIpc) is 2.29. The van der Waals surface area contributed by atoms with Gasteiger partial charge in [-0.05, 0) is 30.3 Å². The highest BCUT2D eigenvalue weighted by molar-refractivity contribution is 7.80. The van der Waals surface area contributed by atoms with Crippen LogP contribution in [0.25, 0.3) is 0 Å². The zero-order valence-electron chi connectivity index (χ0n) is 10.2. The summed E-state index contributed by atoms with van der Waals surface area (Å²) >= 11 is 10.9. The average molecular weight is 287 g/mol. The van der Waals surface area contributed by atoms with E-state index in [-0.39, 0.29) is 11.0 Å². The Morgan fingerprint density at radius 3 is 2.72 bits per heavy atom. The molecular weight excluding hydrogens is 272 g/mol. The third kappa shape index (κ3) is 5.33. The van der Waals surface area contributed by atoms with E-state index >= 15 is 0 Å². The Morgan fingerprint density at radius 1 is 1.44 bits per heavy atom. The SMILES string of the molecule is CC(C)COC(=O)NC(=S)Nc1ccccc1Cl. The van der Waals surface area contributed by atoms with Crippen molar-refractivity contribution >= 4 is 40.7 Å². The first-order chi connectivity index (χ1) is 8.49. The normalized spacial score (nSPS) is 10.0. The predicted octanol–water partition coefficient (Wildman–Crippen LogP) is 3.42. The number of benzene rings is 1. The number of hydrogen-bond donors (Lipinski definition) is 2. The van der Waals surface area contributed by atoms with Crippen LogP contribution in [-0.4, -0.2) is 17.8 Å². The molecule has 1 aromatic carbocycles. The summed E-state index contributed by atoms with van der Waals surface area (Å²) in [5.41, 5.74) is 0.633. The number of amides is 1. The molecule has 2 N–H and O–H groups in total. The zero-order chi connectivity index (χ0) is 13.5. The maximum absolute atomic E-state index is 11.3. The van der Waals surface area contributed by atoms with E-state index in [0.29, 0.717) is 17.3 Å². The van der Waals surface area contributed by atoms with E-state index in [2.05, 4.69) is 10.6 Å². The maximum Gasteiger partial charge on any atom is 0.413 e. The molecule has 18 heavy (non-hydrogen) atoms. The first kappa shape index (κ1) is 14.7. The van der Waals surface area contributed by atoms with E-state index in [9.17, 15) is 4.79 Å². The highest BCUT2D eigenvalue weighted by Gasteiger charge is 2.07. The van der Waals surface area contributed by atoms with Crippen molar-refractivity contribution in [1.82, 2.24) is 5.32 Å². The van der Waals surface area contributed by atoms with Crippen LogP contribution in [0.15, 0.2) is 24.3 Å².